The molecule has 0 radical (unpaired) electrons. The molecule has 21 heavy (non-hydrogen) atoms. The van der Waals surface area contributed by atoms with Crippen LogP contribution in [-0.2, 0) is 0 Å². The highest BCUT2D eigenvalue weighted by Gasteiger charge is 2.19. The Bertz CT molecular complexity index is 656. The molecule has 0 aliphatic carbocycles. The van der Waals surface area contributed by atoms with Crippen molar-refractivity contribution in [3.63, 3.8) is 0 Å². The van der Waals surface area contributed by atoms with E-state index >= 15 is 0 Å². The van der Waals surface area contributed by atoms with Gasteiger partial charge in [-0.3, -0.25) is 15.2 Å². The molecule has 1 heterocycles. The van der Waals surface area contributed by atoms with Gasteiger partial charge < -0.3 is 4.74 Å². The van der Waals surface area contributed by atoms with Crippen molar-refractivity contribution in [1.82, 2.24) is 0 Å². The van der Waals surface area contributed by atoms with Crippen LogP contribution in [0.5, 0.6) is 5.75 Å². The Kier molecular flexibility index (Phi) is 4.48. The molecule has 0 bridgehead atoms. The number of benzene rings is 1. The van der Waals surface area contributed by atoms with Gasteiger partial charge in [-0.05, 0) is 17.5 Å². The summed E-state index contributed by atoms with van der Waals surface area (Å²) in [7, 11) is 0. The van der Waals surface area contributed by atoms with Crippen molar-refractivity contribution in [3.8, 4) is 5.75 Å². The first-order valence-corrected chi connectivity index (χ1v) is 6.54. The first-order chi connectivity index (χ1) is 9.99. The molecule has 8 nitrogen and oxygen atoms in total. The van der Waals surface area contributed by atoms with E-state index < -0.39 is 4.92 Å². The number of hydrogen-bond donors (Lipinski definition) is 3. The van der Waals surface area contributed by atoms with Gasteiger partial charge in [0.25, 0.3) is 4.92 Å². The highest BCUT2D eigenvalue weighted by atomic mass is 32.1. The fraction of sp³-hybridized carbons (Fsp3) is 0.0833. The van der Waals surface area contributed by atoms with Crippen LogP contribution in [-0.4, -0.2) is 32.9 Å². The third-order valence-corrected chi connectivity index (χ3v) is 3.44. The van der Waals surface area contributed by atoms with Gasteiger partial charge in [0.05, 0.1) is 15.9 Å². The molecule has 0 saturated heterocycles. The largest absolute Gasteiger partial charge is 0.483 e. The predicted molar refractivity (Wildman–Crippen MR) is 71.7 cm³/mol. The summed E-state index contributed by atoms with van der Waals surface area (Å²) in [5.41, 5.74) is -0.517. The van der Waals surface area contributed by atoms with Crippen LogP contribution in [0.25, 0.3) is 0 Å². The molecule has 0 aliphatic rings. The van der Waals surface area contributed by atoms with Gasteiger partial charge in [0.2, 0.25) is 5.78 Å². The summed E-state index contributed by atoms with van der Waals surface area (Å²) in [6, 6.07) is 6.78. The molecule has 0 spiro atoms. The van der Waals surface area contributed by atoms with E-state index in [4.69, 9.17) is 20.4 Å². The average molecular weight is 311 g/mol. The SMILES string of the molecule is O=C(COc1ccc([N+](=O)O)cc1N(O)O)c1cccs1. The number of carbonyl (C=O) groups is 1. The van der Waals surface area contributed by atoms with Crippen molar-refractivity contribution in [2.24, 2.45) is 0 Å². The third-order valence-electron chi connectivity index (χ3n) is 2.53. The standard InChI is InChI=1S/C12H11N2O6S/c15-10(12-2-1-5-21-12)7-20-11-4-3-8(13(16)17)6-9(11)14(18)19/h1-6,18-19H,7H2,(H,16,17)/q+1. The lowest BCUT2D eigenvalue weighted by Gasteiger charge is -2.13. The van der Waals surface area contributed by atoms with Crippen LogP contribution in [0.2, 0.25) is 0 Å². The Morgan fingerprint density at radius 1 is 1.33 bits per heavy atom. The first kappa shape index (κ1) is 14.9. The minimum absolute atomic E-state index is 0.0319. The maximum atomic E-state index is 11.8. The summed E-state index contributed by atoms with van der Waals surface area (Å²) in [4.78, 5) is 22.6. The quantitative estimate of drug-likeness (QED) is 0.555. The molecule has 1 aromatic heterocycles. The smallest absolute Gasteiger partial charge is 0.319 e. The Hall–Kier alpha value is -2.49. The molecule has 0 fully saturated rings. The number of thiophene rings is 1. The second-order valence-corrected chi connectivity index (χ2v) is 4.85. The van der Waals surface area contributed by atoms with Gasteiger partial charge in [-0.2, -0.15) is 0 Å². The zero-order valence-corrected chi connectivity index (χ0v) is 11.4. The van der Waals surface area contributed by atoms with E-state index in [0.717, 1.165) is 6.07 Å². The second kappa shape index (κ2) is 6.31. The number of carbonyl (C=O) groups excluding carboxylic acids is 1. The molecule has 2 aromatic rings. The van der Waals surface area contributed by atoms with Crippen LogP contribution in [0.15, 0.2) is 35.7 Å². The number of Topliss-reactive ketones (excluding diaryl/α,β-unsaturated/α-hetero) is 1. The third kappa shape index (κ3) is 3.54. The van der Waals surface area contributed by atoms with Crippen molar-refractivity contribution in [1.29, 1.82) is 0 Å². The molecule has 0 amide bonds. The normalized spacial score (nSPS) is 10.2. The average Bonchev–Trinajstić information content (AvgIpc) is 2.98. The molecule has 0 saturated carbocycles. The van der Waals surface area contributed by atoms with Crippen molar-refractivity contribution in [3.05, 3.63) is 45.5 Å². The van der Waals surface area contributed by atoms with E-state index in [9.17, 15) is 9.70 Å². The van der Waals surface area contributed by atoms with Crippen LogP contribution in [0.3, 0.4) is 0 Å². The van der Waals surface area contributed by atoms with Gasteiger partial charge in [-0.25, -0.2) is 5.21 Å². The predicted octanol–water partition coefficient (Wildman–Crippen LogP) is 2.39. The molecule has 110 valence electrons. The Morgan fingerprint density at radius 3 is 2.67 bits per heavy atom. The van der Waals surface area contributed by atoms with E-state index in [-0.39, 0.29) is 34.7 Å². The number of anilines is 1. The molecule has 0 aliphatic heterocycles. The molecule has 3 N–H and O–H groups in total. The number of nitrogens with zero attached hydrogens (tertiary/aromatic N) is 2. The zero-order valence-electron chi connectivity index (χ0n) is 10.5. The van der Waals surface area contributed by atoms with Crippen LogP contribution >= 0.6 is 11.3 Å². The topological polar surface area (TPSA) is 110 Å². The summed E-state index contributed by atoms with van der Waals surface area (Å²) >= 11 is 1.26. The Balaban J connectivity index is 2.16. The molecular weight excluding hydrogens is 300 g/mol. The highest BCUT2D eigenvalue weighted by molar-refractivity contribution is 7.12. The number of rotatable bonds is 6. The van der Waals surface area contributed by atoms with Crippen molar-refractivity contribution < 1.29 is 30.1 Å². The van der Waals surface area contributed by atoms with Crippen LogP contribution < -0.4 is 9.96 Å². The van der Waals surface area contributed by atoms with E-state index in [1.807, 2.05) is 0 Å². The highest BCUT2D eigenvalue weighted by Crippen LogP contribution is 2.30. The zero-order chi connectivity index (χ0) is 15.4. The lowest BCUT2D eigenvalue weighted by Crippen LogP contribution is -2.16. The Morgan fingerprint density at radius 2 is 2.10 bits per heavy atom. The van der Waals surface area contributed by atoms with Crippen molar-refractivity contribution in [2.75, 3.05) is 11.8 Å². The summed E-state index contributed by atoms with van der Waals surface area (Å²) < 4.78 is 5.21. The van der Waals surface area contributed by atoms with Crippen LogP contribution in [0.4, 0.5) is 11.4 Å². The van der Waals surface area contributed by atoms with Crippen LogP contribution in [0, 0.1) is 4.91 Å². The molecule has 2 rings (SSSR count). The van der Waals surface area contributed by atoms with E-state index in [0.29, 0.717) is 4.88 Å². The number of hydrogen-bond acceptors (Lipinski definition) is 7. The molecule has 1 aromatic carbocycles. The minimum Gasteiger partial charge on any atom is -0.483 e. The van der Waals surface area contributed by atoms with Gasteiger partial charge in [0.15, 0.2) is 6.61 Å². The van der Waals surface area contributed by atoms with Crippen LogP contribution in [0.1, 0.15) is 9.67 Å². The summed E-state index contributed by atoms with van der Waals surface area (Å²) in [6.07, 6.45) is 0. The molecular formula is C12H11N2O6S+. The first-order valence-electron chi connectivity index (χ1n) is 5.66. The number of ketones is 1. The monoisotopic (exact) mass is 311 g/mol. The summed E-state index contributed by atoms with van der Waals surface area (Å²) in [5.74, 6) is -0.300. The van der Waals surface area contributed by atoms with Crippen molar-refractivity contribution in [2.45, 2.75) is 0 Å². The molecule has 9 heteroatoms. The minimum atomic E-state index is -0.437. The lowest BCUT2D eigenvalue weighted by molar-refractivity contribution is -0.729. The summed E-state index contributed by atoms with van der Waals surface area (Å²) in [5, 5.41) is 28.4. The fourth-order valence-corrected chi connectivity index (χ4v) is 2.21. The van der Waals surface area contributed by atoms with Gasteiger partial charge in [-0.1, -0.05) is 6.07 Å². The molecule has 0 unspecified atom stereocenters. The van der Waals surface area contributed by atoms with Gasteiger partial charge in [-0.15, -0.1) is 16.6 Å². The fourth-order valence-electron chi connectivity index (χ4n) is 1.55. The van der Waals surface area contributed by atoms with E-state index in [1.54, 1.807) is 17.5 Å². The number of ether oxygens (including phenoxy) is 1. The van der Waals surface area contributed by atoms with E-state index in [1.165, 1.54) is 23.5 Å². The van der Waals surface area contributed by atoms with Gasteiger partial charge >= 0.3 is 5.69 Å². The lowest BCUT2D eigenvalue weighted by atomic mass is 10.2. The summed E-state index contributed by atoms with van der Waals surface area (Å²) in [6.45, 7) is -0.305. The van der Waals surface area contributed by atoms with Gasteiger partial charge in [0.1, 0.15) is 11.4 Å². The second-order valence-electron chi connectivity index (χ2n) is 3.90. The Labute approximate surface area is 122 Å². The maximum Gasteiger partial charge on any atom is 0.319 e. The van der Waals surface area contributed by atoms with E-state index in [2.05, 4.69) is 0 Å². The molecule has 0 atom stereocenters. The maximum absolute atomic E-state index is 11.8. The van der Waals surface area contributed by atoms with Gasteiger partial charge in [0, 0.05) is 6.07 Å². The van der Waals surface area contributed by atoms with Crippen molar-refractivity contribution >= 4 is 28.5 Å².